The van der Waals surface area contributed by atoms with E-state index in [0.29, 0.717) is 5.92 Å². The number of rotatable bonds is 1. The Morgan fingerprint density at radius 1 is 1.75 bits per heavy atom. The van der Waals surface area contributed by atoms with Crippen molar-refractivity contribution >= 4 is 5.91 Å². The predicted octanol–water partition coefficient (Wildman–Crippen LogP) is 0.240. The minimum absolute atomic E-state index is 0.0468. The van der Waals surface area contributed by atoms with Crippen molar-refractivity contribution in [3.8, 4) is 0 Å². The van der Waals surface area contributed by atoms with E-state index in [2.05, 4.69) is 18.8 Å². The standard InChI is InChI=1S/C9H16N2O/c1-3-9(12)11-5-4-10-6-8(2)7-11/h3,8,10H,1,4-7H2,2H3. The zero-order valence-electron chi connectivity index (χ0n) is 7.55. The number of hydrogen-bond donors (Lipinski definition) is 1. The first-order valence-corrected chi connectivity index (χ1v) is 4.36. The van der Waals surface area contributed by atoms with Gasteiger partial charge in [-0.3, -0.25) is 4.79 Å². The Balaban J connectivity index is 2.51. The van der Waals surface area contributed by atoms with E-state index in [9.17, 15) is 4.79 Å². The monoisotopic (exact) mass is 168 g/mol. The average molecular weight is 168 g/mol. The largest absolute Gasteiger partial charge is 0.338 e. The molecule has 0 aromatic heterocycles. The second kappa shape index (κ2) is 4.26. The molecule has 1 atom stereocenters. The molecule has 1 rings (SSSR count). The number of nitrogens with one attached hydrogen (secondary N) is 1. The van der Waals surface area contributed by atoms with Crippen LogP contribution in [0.1, 0.15) is 6.92 Å². The third kappa shape index (κ3) is 2.34. The Morgan fingerprint density at radius 2 is 2.50 bits per heavy atom. The summed E-state index contributed by atoms with van der Waals surface area (Å²) in [6.45, 7) is 9.16. The first-order valence-electron chi connectivity index (χ1n) is 4.36. The molecule has 0 spiro atoms. The highest BCUT2D eigenvalue weighted by atomic mass is 16.2. The molecular weight excluding hydrogens is 152 g/mol. The van der Waals surface area contributed by atoms with E-state index in [1.54, 1.807) is 0 Å². The minimum Gasteiger partial charge on any atom is -0.338 e. The summed E-state index contributed by atoms with van der Waals surface area (Å²) in [4.78, 5) is 13.1. The Morgan fingerprint density at radius 3 is 3.17 bits per heavy atom. The summed E-state index contributed by atoms with van der Waals surface area (Å²) in [5.74, 6) is 0.585. The lowest BCUT2D eigenvalue weighted by Gasteiger charge is -2.20. The molecule has 3 nitrogen and oxygen atoms in total. The lowest BCUT2D eigenvalue weighted by Crippen LogP contribution is -2.34. The quantitative estimate of drug-likeness (QED) is 0.569. The molecule has 1 heterocycles. The van der Waals surface area contributed by atoms with Crippen LogP contribution >= 0.6 is 0 Å². The van der Waals surface area contributed by atoms with Crippen LogP contribution in [0.2, 0.25) is 0 Å². The third-order valence-corrected chi connectivity index (χ3v) is 2.07. The minimum atomic E-state index is 0.0468. The molecule has 1 unspecified atom stereocenters. The van der Waals surface area contributed by atoms with E-state index in [1.807, 2.05) is 4.90 Å². The molecule has 3 heteroatoms. The average Bonchev–Trinajstić information content (AvgIpc) is 2.28. The second-order valence-corrected chi connectivity index (χ2v) is 3.30. The smallest absolute Gasteiger partial charge is 0.246 e. The fraction of sp³-hybridized carbons (Fsp3) is 0.667. The number of amides is 1. The van der Waals surface area contributed by atoms with Crippen LogP contribution in [0.3, 0.4) is 0 Å². The van der Waals surface area contributed by atoms with Crippen molar-refractivity contribution < 1.29 is 4.79 Å². The summed E-state index contributed by atoms with van der Waals surface area (Å²) in [7, 11) is 0. The molecule has 0 aromatic carbocycles. The SMILES string of the molecule is C=CC(=O)N1CCNCC(C)C1. The van der Waals surface area contributed by atoms with Crippen LogP contribution in [-0.2, 0) is 4.79 Å². The molecule has 1 aliphatic heterocycles. The predicted molar refractivity (Wildman–Crippen MR) is 48.8 cm³/mol. The van der Waals surface area contributed by atoms with Crippen molar-refractivity contribution in [2.45, 2.75) is 6.92 Å². The van der Waals surface area contributed by atoms with Gasteiger partial charge in [0.1, 0.15) is 0 Å². The zero-order valence-corrected chi connectivity index (χ0v) is 7.55. The summed E-state index contributed by atoms with van der Waals surface area (Å²) >= 11 is 0. The van der Waals surface area contributed by atoms with Crippen molar-refractivity contribution in [3.05, 3.63) is 12.7 Å². The Hall–Kier alpha value is -0.830. The van der Waals surface area contributed by atoms with E-state index >= 15 is 0 Å². The topological polar surface area (TPSA) is 32.3 Å². The molecule has 68 valence electrons. The van der Waals surface area contributed by atoms with Crippen molar-refractivity contribution in [2.75, 3.05) is 26.2 Å². The van der Waals surface area contributed by atoms with Crippen LogP contribution < -0.4 is 5.32 Å². The number of carbonyl (C=O) groups excluding carboxylic acids is 1. The van der Waals surface area contributed by atoms with E-state index in [-0.39, 0.29) is 5.91 Å². The molecule has 0 bridgehead atoms. The van der Waals surface area contributed by atoms with Gasteiger partial charge in [0.25, 0.3) is 0 Å². The molecule has 12 heavy (non-hydrogen) atoms. The number of carbonyl (C=O) groups is 1. The lowest BCUT2D eigenvalue weighted by atomic mass is 10.2. The zero-order chi connectivity index (χ0) is 8.97. The van der Waals surface area contributed by atoms with Gasteiger partial charge in [-0.1, -0.05) is 13.5 Å². The van der Waals surface area contributed by atoms with Gasteiger partial charge in [-0.05, 0) is 18.5 Å². The van der Waals surface area contributed by atoms with Gasteiger partial charge < -0.3 is 10.2 Å². The molecule has 0 aromatic rings. The van der Waals surface area contributed by atoms with E-state index in [0.717, 1.165) is 26.2 Å². The first-order chi connectivity index (χ1) is 5.74. The summed E-state index contributed by atoms with van der Waals surface area (Å²) in [6.07, 6.45) is 1.39. The maximum absolute atomic E-state index is 11.2. The van der Waals surface area contributed by atoms with Crippen LogP contribution in [-0.4, -0.2) is 37.0 Å². The normalized spacial score (nSPS) is 24.8. The Labute approximate surface area is 73.4 Å². The molecular formula is C9H16N2O. The molecule has 0 saturated carbocycles. The van der Waals surface area contributed by atoms with Gasteiger partial charge >= 0.3 is 0 Å². The highest BCUT2D eigenvalue weighted by Gasteiger charge is 2.16. The highest BCUT2D eigenvalue weighted by Crippen LogP contribution is 2.02. The first kappa shape index (κ1) is 9.26. The van der Waals surface area contributed by atoms with Crippen molar-refractivity contribution in [1.82, 2.24) is 10.2 Å². The fourth-order valence-electron chi connectivity index (χ4n) is 1.42. The number of hydrogen-bond acceptors (Lipinski definition) is 2. The van der Waals surface area contributed by atoms with Gasteiger partial charge in [-0.2, -0.15) is 0 Å². The van der Waals surface area contributed by atoms with Crippen LogP contribution in [0.25, 0.3) is 0 Å². The van der Waals surface area contributed by atoms with Crippen molar-refractivity contribution in [1.29, 1.82) is 0 Å². The molecule has 1 N–H and O–H groups in total. The van der Waals surface area contributed by atoms with Crippen LogP contribution in [0.15, 0.2) is 12.7 Å². The molecule has 1 saturated heterocycles. The van der Waals surface area contributed by atoms with Crippen molar-refractivity contribution in [3.63, 3.8) is 0 Å². The summed E-state index contributed by atoms with van der Waals surface area (Å²) < 4.78 is 0. The fourth-order valence-corrected chi connectivity index (χ4v) is 1.42. The van der Waals surface area contributed by atoms with Crippen LogP contribution in [0, 0.1) is 5.92 Å². The molecule has 1 fully saturated rings. The maximum atomic E-state index is 11.2. The molecule has 0 aliphatic carbocycles. The lowest BCUT2D eigenvalue weighted by molar-refractivity contribution is -0.126. The van der Waals surface area contributed by atoms with E-state index in [4.69, 9.17) is 0 Å². The Kier molecular flexibility index (Phi) is 3.29. The van der Waals surface area contributed by atoms with Gasteiger partial charge in [-0.15, -0.1) is 0 Å². The third-order valence-electron chi connectivity index (χ3n) is 2.07. The molecule has 1 amide bonds. The van der Waals surface area contributed by atoms with E-state index in [1.165, 1.54) is 6.08 Å². The van der Waals surface area contributed by atoms with Crippen molar-refractivity contribution in [2.24, 2.45) is 5.92 Å². The summed E-state index contributed by atoms with van der Waals surface area (Å²) in [5.41, 5.74) is 0. The van der Waals surface area contributed by atoms with Gasteiger partial charge in [0.2, 0.25) is 5.91 Å². The van der Waals surface area contributed by atoms with Crippen LogP contribution in [0.5, 0.6) is 0 Å². The van der Waals surface area contributed by atoms with Gasteiger partial charge in [0.15, 0.2) is 0 Å². The Bertz CT molecular complexity index is 179. The molecule has 0 radical (unpaired) electrons. The van der Waals surface area contributed by atoms with E-state index < -0.39 is 0 Å². The van der Waals surface area contributed by atoms with Gasteiger partial charge in [-0.25, -0.2) is 0 Å². The van der Waals surface area contributed by atoms with Crippen LogP contribution in [0.4, 0.5) is 0 Å². The molecule has 1 aliphatic rings. The summed E-state index contributed by atoms with van der Waals surface area (Å²) in [6, 6.07) is 0. The second-order valence-electron chi connectivity index (χ2n) is 3.30. The summed E-state index contributed by atoms with van der Waals surface area (Å²) in [5, 5.41) is 3.28. The highest BCUT2D eigenvalue weighted by molar-refractivity contribution is 5.87. The number of nitrogens with zero attached hydrogens (tertiary/aromatic N) is 1. The van der Waals surface area contributed by atoms with Gasteiger partial charge in [0.05, 0.1) is 0 Å². The van der Waals surface area contributed by atoms with Gasteiger partial charge in [0, 0.05) is 19.6 Å². The maximum Gasteiger partial charge on any atom is 0.246 e.